The van der Waals surface area contributed by atoms with E-state index >= 15 is 0 Å². The first-order valence-corrected chi connectivity index (χ1v) is 4.62. The molecule has 0 saturated carbocycles. The van der Waals surface area contributed by atoms with Gasteiger partial charge in [-0.15, -0.1) is 0 Å². The minimum atomic E-state index is 0.646. The van der Waals surface area contributed by atoms with Crippen LogP contribution in [0.1, 0.15) is 16.8 Å². The van der Waals surface area contributed by atoms with E-state index in [2.05, 4.69) is 11.1 Å². The van der Waals surface area contributed by atoms with Gasteiger partial charge >= 0.3 is 0 Å². The molecule has 4 N–H and O–H groups in total. The van der Waals surface area contributed by atoms with Crippen LogP contribution in [0.5, 0.6) is 0 Å². The average molecular weight is 179 g/mol. The summed E-state index contributed by atoms with van der Waals surface area (Å²) in [5.41, 5.74) is 14.5. The highest BCUT2D eigenvalue weighted by molar-refractivity contribution is 5.25. The lowest BCUT2D eigenvalue weighted by Crippen LogP contribution is -2.11. The first kappa shape index (κ1) is 10.2. The van der Waals surface area contributed by atoms with Gasteiger partial charge in [-0.2, -0.15) is 0 Å². The molecule has 1 heterocycles. The van der Waals surface area contributed by atoms with E-state index in [-0.39, 0.29) is 0 Å². The Kier molecular flexibility index (Phi) is 3.86. The van der Waals surface area contributed by atoms with Gasteiger partial charge in [0, 0.05) is 18.3 Å². The third-order valence-corrected chi connectivity index (χ3v) is 1.99. The Labute approximate surface area is 79.2 Å². The average Bonchev–Trinajstić information content (AvgIpc) is 2.10. The van der Waals surface area contributed by atoms with Crippen LogP contribution >= 0.6 is 0 Å². The molecule has 0 bridgehead atoms. The predicted octanol–water partition coefficient (Wildman–Crippen LogP) is 0.392. The molecule has 0 aliphatic carbocycles. The van der Waals surface area contributed by atoms with Crippen molar-refractivity contribution >= 4 is 0 Å². The molecule has 0 unspecified atom stereocenters. The van der Waals surface area contributed by atoms with E-state index in [1.165, 1.54) is 11.1 Å². The molecule has 0 saturated heterocycles. The summed E-state index contributed by atoms with van der Waals surface area (Å²) < 4.78 is 0. The second-order valence-corrected chi connectivity index (χ2v) is 3.20. The van der Waals surface area contributed by atoms with Crippen molar-refractivity contribution in [3.05, 3.63) is 29.1 Å². The van der Waals surface area contributed by atoms with Crippen LogP contribution in [0.3, 0.4) is 0 Å². The Morgan fingerprint density at radius 3 is 2.54 bits per heavy atom. The summed E-state index contributed by atoms with van der Waals surface area (Å²) >= 11 is 0. The van der Waals surface area contributed by atoms with Gasteiger partial charge in [-0.3, -0.25) is 4.98 Å². The number of aromatic nitrogens is 1. The standard InChI is InChI=1S/C10H17N3/c1-8-6-9(2-4-11)10(3-5-12)13-7-8/h6-7H,2-5,11-12H2,1H3. The molecule has 0 aliphatic rings. The molecule has 0 spiro atoms. The molecule has 1 aromatic heterocycles. The highest BCUT2D eigenvalue weighted by Gasteiger charge is 2.02. The molecule has 13 heavy (non-hydrogen) atoms. The molecule has 3 heteroatoms. The van der Waals surface area contributed by atoms with Crippen molar-refractivity contribution in [2.75, 3.05) is 13.1 Å². The van der Waals surface area contributed by atoms with Crippen LogP contribution in [0, 0.1) is 6.92 Å². The maximum atomic E-state index is 5.52. The van der Waals surface area contributed by atoms with Crippen LogP contribution in [0.25, 0.3) is 0 Å². The van der Waals surface area contributed by atoms with Crippen molar-refractivity contribution in [2.24, 2.45) is 11.5 Å². The normalized spacial score (nSPS) is 10.4. The van der Waals surface area contributed by atoms with Crippen molar-refractivity contribution in [3.8, 4) is 0 Å². The van der Waals surface area contributed by atoms with Crippen LogP contribution in [-0.4, -0.2) is 18.1 Å². The Balaban J connectivity index is 2.89. The smallest absolute Gasteiger partial charge is 0.0448 e. The molecule has 0 fully saturated rings. The zero-order valence-electron chi connectivity index (χ0n) is 8.09. The summed E-state index contributed by atoms with van der Waals surface area (Å²) in [6.45, 7) is 3.36. The minimum absolute atomic E-state index is 0.646. The number of hydrogen-bond acceptors (Lipinski definition) is 3. The number of nitrogens with zero attached hydrogens (tertiary/aromatic N) is 1. The molecule has 1 rings (SSSR count). The second kappa shape index (κ2) is 4.94. The number of rotatable bonds is 4. The van der Waals surface area contributed by atoms with Gasteiger partial charge in [0.2, 0.25) is 0 Å². The molecular weight excluding hydrogens is 162 g/mol. The van der Waals surface area contributed by atoms with E-state index in [4.69, 9.17) is 11.5 Å². The maximum Gasteiger partial charge on any atom is 0.0448 e. The quantitative estimate of drug-likeness (QED) is 0.703. The van der Waals surface area contributed by atoms with E-state index in [1.54, 1.807) is 0 Å². The zero-order valence-corrected chi connectivity index (χ0v) is 8.09. The Morgan fingerprint density at radius 2 is 1.92 bits per heavy atom. The number of pyridine rings is 1. The molecule has 0 atom stereocenters. The Bertz CT molecular complexity index is 271. The summed E-state index contributed by atoms with van der Waals surface area (Å²) in [6.07, 6.45) is 3.62. The van der Waals surface area contributed by atoms with E-state index < -0.39 is 0 Å². The van der Waals surface area contributed by atoms with Crippen LogP contribution in [0.2, 0.25) is 0 Å². The lowest BCUT2D eigenvalue weighted by atomic mass is 10.1. The van der Waals surface area contributed by atoms with Gasteiger partial charge in [0.25, 0.3) is 0 Å². The fraction of sp³-hybridized carbons (Fsp3) is 0.500. The van der Waals surface area contributed by atoms with E-state index in [0.29, 0.717) is 13.1 Å². The third kappa shape index (κ3) is 2.79. The predicted molar refractivity (Wildman–Crippen MR) is 54.5 cm³/mol. The molecule has 0 aliphatic heterocycles. The molecule has 0 amide bonds. The molecule has 1 aromatic rings. The topological polar surface area (TPSA) is 64.9 Å². The first-order valence-electron chi connectivity index (χ1n) is 4.62. The highest BCUT2D eigenvalue weighted by Crippen LogP contribution is 2.09. The van der Waals surface area contributed by atoms with Gasteiger partial charge < -0.3 is 11.5 Å². The molecule has 3 nitrogen and oxygen atoms in total. The highest BCUT2D eigenvalue weighted by atomic mass is 14.7. The van der Waals surface area contributed by atoms with Crippen molar-refractivity contribution in [3.63, 3.8) is 0 Å². The maximum absolute atomic E-state index is 5.52. The number of hydrogen-bond donors (Lipinski definition) is 2. The van der Waals surface area contributed by atoms with Crippen molar-refractivity contribution < 1.29 is 0 Å². The summed E-state index contributed by atoms with van der Waals surface area (Å²) in [7, 11) is 0. The van der Waals surface area contributed by atoms with Crippen LogP contribution in [0.4, 0.5) is 0 Å². The van der Waals surface area contributed by atoms with Crippen molar-refractivity contribution in [1.82, 2.24) is 4.98 Å². The van der Waals surface area contributed by atoms with E-state index in [1.807, 2.05) is 13.1 Å². The molecule has 0 aromatic carbocycles. The van der Waals surface area contributed by atoms with E-state index in [9.17, 15) is 0 Å². The zero-order chi connectivity index (χ0) is 9.68. The van der Waals surface area contributed by atoms with Gasteiger partial charge in [-0.05, 0) is 37.6 Å². The summed E-state index contributed by atoms with van der Waals surface area (Å²) in [4.78, 5) is 4.35. The fourth-order valence-corrected chi connectivity index (χ4v) is 1.39. The van der Waals surface area contributed by atoms with Gasteiger partial charge in [-0.25, -0.2) is 0 Å². The molecular formula is C10H17N3. The summed E-state index contributed by atoms with van der Waals surface area (Å²) in [5.74, 6) is 0. The Hall–Kier alpha value is -0.930. The lowest BCUT2D eigenvalue weighted by Gasteiger charge is -2.07. The van der Waals surface area contributed by atoms with Crippen molar-refractivity contribution in [2.45, 2.75) is 19.8 Å². The first-order chi connectivity index (χ1) is 6.27. The largest absolute Gasteiger partial charge is 0.330 e. The fourth-order valence-electron chi connectivity index (χ4n) is 1.39. The molecule has 72 valence electrons. The second-order valence-electron chi connectivity index (χ2n) is 3.20. The summed E-state index contributed by atoms with van der Waals surface area (Å²) in [5, 5.41) is 0. The van der Waals surface area contributed by atoms with Gasteiger partial charge in [0.1, 0.15) is 0 Å². The number of nitrogens with two attached hydrogens (primary N) is 2. The summed E-state index contributed by atoms with van der Waals surface area (Å²) in [6, 6.07) is 2.14. The monoisotopic (exact) mass is 179 g/mol. The van der Waals surface area contributed by atoms with Crippen molar-refractivity contribution in [1.29, 1.82) is 0 Å². The Morgan fingerprint density at radius 1 is 1.23 bits per heavy atom. The van der Waals surface area contributed by atoms with Gasteiger partial charge in [0.05, 0.1) is 0 Å². The van der Waals surface area contributed by atoms with E-state index in [0.717, 1.165) is 18.5 Å². The third-order valence-electron chi connectivity index (χ3n) is 1.99. The van der Waals surface area contributed by atoms with Gasteiger partial charge in [0.15, 0.2) is 0 Å². The number of aryl methyl sites for hydroxylation is 1. The molecule has 0 radical (unpaired) electrons. The van der Waals surface area contributed by atoms with Gasteiger partial charge in [-0.1, -0.05) is 6.07 Å². The van der Waals surface area contributed by atoms with Crippen LogP contribution in [0.15, 0.2) is 12.3 Å². The SMILES string of the molecule is Cc1cnc(CCN)c(CCN)c1. The minimum Gasteiger partial charge on any atom is -0.330 e. The van der Waals surface area contributed by atoms with Crippen LogP contribution in [-0.2, 0) is 12.8 Å². The van der Waals surface area contributed by atoms with Crippen LogP contribution < -0.4 is 11.5 Å². The lowest BCUT2D eigenvalue weighted by molar-refractivity contribution is 0.864.